The van der Waals surface area contributed by atoms with E-state index in [4.69, 9.17) is 0 Å². The van der Waals surface area contributed by atoms with Crippen LogP contribution < -0.4 is 5.32 Å². The highest BCUT2D eigenvalue weighted by Gasteiger charge is 1.99. The molecule has 0 saturated heterocycles. The molecule has 0 amide bonds. The van der Waals surface area contributed by atoms with Crippen LogP contribution in [-0.2, 0) is 0 Å². The number of para-hydroxylation sites is 1. The summed E-state index contributed by atoms with van der Waals surface area (Å²) in [6.07, 6.45) is 0. The van der Waals surface area contributed by atoms with Crippen LogP contribution in [0.4, 0.5) is 10.1 Å². The summed E-state index contributed by atoms with van der Waals surface area (Å²) in [7, 11) is 0. The molecule has 0 bridgehead atoms. The van der Waals surface area contributed by atoms with E-state index in [1.165, 1.54) is 6.07 Å². The predicted octanol–water partition coefficient (Wildman–Crippen LogP) is 2.65. The zero-order valence-electron chi connectivity index (χ0n) is 6.76. The topological polar surface area (TPSA) is 12.0 Å². The third kappa shape index (κ3) is 2.22. The van der Waals surface area contributed by atoms with Gasteiger partial charge in [-0.25, -0.2) is 4.39 Å². The Kier molecular flexibility index (Phi) is 2.47. The van der Waals surface area contributed by atoms with E-state index in [1.54, 1.807) is 12.1 Å². The molecule has 1 rings (SSSR count). The van der Waals surface area contributed by atoms with Crippen molar-refractivity contribution < 1.29 is 4.39 Å². The predicted molar refractivity (Wildman–Crippen MR) is 45.2 cm³/mol. The molecule has 0 aliphatic carbocycles. The molecule has 0 saturated carbocycles. The summed E-state index contributed by atoms with van der Waals surface area (Å²) in [5.41, 5.74) is 0.572. The number of halogens is 1. The zero-order chi connectivity index (χ0) is 8.27. The van der Waals surface area contributed by atoms with E-state index in [-0.39, 0.29) is 11.9 Å². The summed E-state index contributed by atoms with van der Waals surface area (Å²) >= 11 is 0. The summed E-state index contributed by atoms with van der Waals surface area (Å²) in [5, 5.41) is 3.00. The number of anilines is 1. The van der Waals surface area contributed by atoms with Crippen molar-refractivity contribution in [2.75, 3.05) is 5.32 Å². The highest BCUT2D eigenvalue weighted by molar-refractivity contribution is 5.44. The zero-order valence-corrected chi connectivity index (χ0v) is 6.76. The number of hydrogen-bond donors (Lipinski definition) is 1. The van der Waals surface area contributed by atoms with Crippen LogP contribution in [0.5, 0.6) is 0 Å². The van der Waals surface area contributed by atoms with Crippen LogP contribution in [0.15, 0.2) is 24.3 Å². The van der Waals surface area contributed by atoms with Gasteiger partial charge in [-0.3, -0.25) is 0 Å². The standard InChI is InChI=1S/C9H12FN/c1-7(2)11-9-6-4-3-5-8(9)10/h3-7,11H,1-2H3. The van der Waals surface area contributed by atoms with Gasteiger partial charge in [-0.1, -0.05) is 12.1 Å². The van der Waals surface area contributed by atoms with Gasteiger partial charge in [-0.05, 0) is 26.0 Å². The summed E-state index contributed by atoms with van der Waals surface area (Å²) < 4.78 is 12.9. The maximum atomic E-state index is 12.9. The third-order valence-corrected chi connectivity index (χ3v) is 1.32. The molecule has 1 aromatic carbocycles. The lowest BCUT2D eigenvalue weighted by Gasteiger charge is -2.09. The molecule has 11 heavy (non-hydrogen) atoms. The molecule has 1 N–H and O–H groups in total. The van der Waals surface area contributed by atoms with Crippen LogP contribution in [0.2, 0.25) is 0 Å². The minimum absolute atomic E-state index is 0.193. The van der Waals surface area contributed by atoms with Gasteiger partial charge in [-0.2, -0.15) is 0 Å². The second-order valence-electron chi connectivity index (χ2n) is 2.78. The van der Waals surface area contributed by atoms with E-state index in [0.717, 1.165) is 0 Å². The number of rotatable bonds is 2. The molecule has 1 nitrogen and oxygen atoms in total. The molecule has 0 fully saturated rings. The Bertz CT molecular complexity index is 233. The van der Waals surface area contributed by atoms with Crippen molar-refractivity contribution in [1.82, 2.24) is 0 Å². The molecule has 0 unspecified atom stereocenters. The Morgan fingerprint density at radius 2 is 1.91 bits per heavy atom. The Morgan fingerprint density at radius 1 is 1.27 bits per heavy atom. The van der Waals surface area contributed by atoms with Gasteiger partial charge in [0, 0.05) is 6.04 Å². The SMILES string of the molecule is CC(C)Nc1ccccc1F. The quantitative estimate of drug-likeness (QED) is 0.688. The fourth-order valence-corrected chi connectivity index (χ4v) is 0.889. The maximum absolute atomic E-state index is 12.9. The molecule has 0 atom stereocenters. The van der Waals surface area contributed by atoms with E-state index >= 15 is 0 Å². The fraction of sp³-hybridized carbons (Fsp3) is 0.333. The highest BCUT2D eigenvalue weighted by atomic mass is 19.1. The first-order valence-electron chi connectivity index (χ1n) is 3.71. The van der Waals surface area contributed by atoms with Crippen molar-refractivity contribution in [3.63, 3.8) is 0 Å². The molecule has 1 aromatic rings. The average molecular weight is 153 g/mol. The van der Waals surface area contributed by atoms with Crippen LogP contribution in [0.3, 0.4) is 0 Å². The molecule has 0 heterocycles. The lowest BCUT2D eigenvalue weighted by atomic mass is 10.3. The Hall–Kier alpha value is -1.05. The van der Waals surface area contributed by atoms with Gasteiger partial charge in [0.25, 0.3) is 0 Å². The van der Waals surface area contributed by atoms with Crippen LogP contribution in [-0.4, -0.2) is 6.04 Å². The molecule has 0 aliphatic rings. The molecule has 0 aliphatic heterocycles. The van der Waals surface area contributed by atoms with Crippen molar-refractivity contribution in [2.24, 2.45) is 0 Å². The second kappa shape index (κ2) is 3.37. The van der Waals surface area contributed by atoms with Crippen LogP contribution in [0, 0.1) is 5.82 Å². The number of benzene rings is 1. The van der Waals surface area contributed by atoms with Crippen molar-refractivity contribution in [2.45, 2.75) is 19.9 Å². The molecule has 0 radical (unpaired) electrons. The Labute approximate surface area is 66.2 Å². The van der Waals surface area contributed by atoms with Crippen LogP contribution in [0.1, 0.15) is 13.8 Å². The lowest BCUT2D eigenvalue weighted by molar-refractivity contribution is 0.628. The minimum Gasteiger partial charge on any atom is -0.381 e. The molecular formula is C9H12FN. The molecular weight excluding hydrogens is 141 g/mol. The molecule has 2 heteroatoms. The van der Waals surface area contributed by atoms with Gasteiger partial charge in [0.1, 0.15) is 5.82 Å². The average Bonchev–Trinajstić information content (AvgIpc) is 1.93. The first-order valence-corrected chi connectivity index (χ1v) is 3.71. The summed E-state index contributed by atoms with van der Waals surface area (Å²) in [5.74, 6) is -0.193. The first-order chi connectivity index (χ1) is 5.20. The van der Waals surface area contributed by atoms with E-state index in [9.17, 15) is 4.39 Å². The van der Waals surface area contributed by atoms with Crippen molar-refractivity contribution in [3.8, 4) is 0 Å². The third-order valence-electron chi connectivity index (χ3n) is 1.32. The molecule has 0 aromatic heterocycles. The Morgan fingerprint density at radius 3 is 2.45 bits per heavy atom. The van der Waals surface area contributed by atoms with E-state index in [2.05, 4.69) is 5.32 Å². The summed E-state index contributed by atoms with van der Waals surface area (Å²) in [4.78, 5) is 0. The second-order valence-corrected chi connectivity index (χ2v) is 2.78. The fourth-order valence-electron chi connectivity index (χ4n) is 0.889. The monoisotopic (exact) mass is 153 g/mol. The normalized spacial score (nSPS) is 10.2. The largest absolute Gasteiger partial charge is 0.381 e. The summed E-state index contributed by atoms with van der Waals surface area (Å²) in [6.45, 7) is 3.96. The van der Waals surface area contributed by atoms with E-state index in [0.29, 0.717) is 5.69 Å². The lowest BCUT2D eigenvalue weighted by Crippen LogP contribution is -2.10. The first kappa shape index (κ1) is 8.05. The van der Waals surface area contributed by atoms with E-state index < -0.39 is 0 Å². The highest BCUT2D eigenvalue weighted by Crippen LogP contribution is 2.12. The smallest absolute Gasteiger partial charge is 0.146 e. The number of nitrogens with one attached hydrogen (secondary N) is 1. The van der Waals surface area contributed by atoms with Crippen LogP contribution >= 0.6 is 0 Å². The van der Waals surface area contributed by atoms with Gasteiger partial charge in [-0.15, -0.1) is 0 Å². The van der Waals surface area contributed by atoms with Gasteiger partial charge in [0.2, 0.25) is 0 Å². The molecule has 60 valence electrons. The van der Waals surface area contributed by atoms with Gasteiger partial charge >= 0.3 is 0 Å². The number of hydrogen-bond acceptors (Lipinski definition) is 1. The van der Waals surface area contributed by atoms with Crippen molar-refractivity contribution in [1.29, 1.82) is 0 Å². The van der Waals surface area contributed by atoms with Crippen molar-refractivity contribution >= 4 is 5.69 Å². The van der Waals surface area contributed by atoms with Gasteiger partial charge < -0.3 is 5.32 Å². The maximum Gasteiger partial charge on any atom is 0.146 e. The summed E-state index contributed by atoms with van der Waals surface area (Å²) in [6, 6.07) is 6.95. The van der Waals surface area contributed by atoms with Crippen LogP contribution in [0.25, 0.3) is 0 Å². The van der Waals surface area contributed by atoms with Gasteiger partial charge in [0.15, 0.2) is 0 Å². The molecule has 0 spiro atoms. The minimum atomic E-state index is -0.193. The Balaban J connectivity index is 2.78. The van der Waals surface area contributed by atoms with E-state index in [1.807, 2.05) is 19.9 Å². The van der Waals surface area contributed by atoms with Gasteiger partial charge in [0.05, 0.1) is 5.69 Å². The van der Waals surface area contributed by atoms with Crippen molar-refractivity contribution in [3.05, 3.63) is 30.1 Å².